The quantitative estimate of drug-likeness (QED) is 0.890. The largest absolute Gasteiger partial charge is 0.481 e. The summed E-state index contributed by atoms with van der Waals surface area (Å²) in [5, 5.41) is 8.27. The van der Waals surface area contributed by atoms with Crippen molar-refractivity contribution < 1.29 is 18.5 Å². The van der Waals surface area contributed by atoms with Crippen molar-refractivity contribution in [2.75, 3.05) is 5.75 Å². The second-order valence-corrected chi connectivity index (χ2v) is 4.75. The van der Waals surface area contributed by atoms with Crippen molar-refractivity contribution in [1.82, 2.24) is 0 Å². The van der Waals surface area contributed by atoms with Crippen molar-refractivity contribution in [3.05, 3.63) is 29.0 Å². The molecule has 82 valence electrons. The van der Waals surface area contributed by atoms with Crippen LogP contribution in [0, 0.1) is 5.82 Å². The van der Waals surface area contributed by atoms with Crippen LogP contribution < -0.4 is 0 Å². The van der Waals surface area contributed by atoms with E-state index in [1.165, 1.54) is 12.1 Å². The predicted molar refractivity (Wildman–Crippen MR) is 54.9 cm³/mol. The van der Waals surface area contributed by atoms with Crippen LogP contribution in [0.2, 0.25) is 5.02 Å². The van der Waals surface area contributed by atoms with Gasteiger partial charge in [-0.1, -0.05) is 11.6 Å². The molecule has 3 nitrogen and oxygen atoms in total. The average Bonchev–Trinajstić information content (AvgIpc) is 2.18. The van der Waals surface area contributed by atoms with Crippen LogP contribution in [-0.4, -0.2) is 21.0 Å². The molecule has 1 aromatic rings. The number of hydrogen-bond acceptors (Lipinski definition) is 2. The van der Waals surface area contributed by atoms with Gasteiger partial charge in [-0.05, 0) is 18.2 Å². The molecular weight excluding hydrogens is 243 g/mol. The molecule has 0 spiro atoms. The SMILES string of the molecule is O=C(O)CCS(=O)c1ccc(F)c(Cl)c1. The number of benzene rings is 1. The first-order valence-corrected chi connectivity index (χ1v) is 5.75. The van der Waals surface area contributed by atoms with Crippen molar-refractivity contribution >= 4 is 28.4 Å². The number of carboxylic acids is 1. The Labute approximate surface area is 93.3 Å². The van der Waals surface area contributed by atoms with Gasteiger partial charge < -0.3 is 5.11 Å². The summed E-state index contributed by atoms with van der Waals surface area (Å²) < 4.78 is 24.2. The van der Waals surface area contributed by atoms with E-state index < -0.39 is 22.6 Å². The van der Waals surface area contributed by atoms with Crippen LogP contribution in [0.4, 0.5) is 4.39 Å². The molecule has 0 amide bonds. The van der Waals surface area contributed by atoms with Crippen LogP contribution in [0.1, 0.15) is 6.42 Å². The first kappa shape index (κ1) is 12.1. The number of carbonyl (C=O) groups is 1. The van der Waals surface area contributed by atoms with Gasteiger partial charge in [-0.25, -0.2) is 4.39 Å². The van der Waals surface area contributed by atoms with E-state index in [1.54, 1.807) is 0 Å². The molecule has 0 bridgehead atoms. The van der Waals surface area contributed by atoms with Gasteiger partial charge in [-0.2, -0.15) is 0 Å². The van der Waals surface area contributed by atoms with Crippen molar-refractivity contribution in [3.63, 3.8) is 0 Å². The van der Waals surface area contributed by atoms with Crippen molar-refractivity contribution in [2.24, 2.45) is 0 Å². The fourth-order valence-electron chi connectivity index (χ4n) is 0.916. The zero-order chi connectivity index (χ0) is 11.4. The highest BCUT2D eigenvalue weighted by molar-refractivity contribution is 7.85. The summed E-state index contributed by atoms with van der Waals surface area (Å²) in [5.41, 5.74) is 0. The third-order valence-corrected chi connectivity index (χ3v) is 3.30. The average molecular weight is 251 g/mol. The Morgan fingerprint density at radius 1 is 1.53 bits per heavy atom. The molecule has 0 aromatic heterocycles. The molecule has 0 fully saturated rings. The summed E-state index contributed by atoms with van der Waals surface area (Å²) in [7, 11) is -1.45. The van der Waals surface area contributed by atoms with E-state index in [1.807, 2.05) is 0 Å². The van der Waals surface area contributed by atoms with Gasteiger partial charge in [-0.15, -0.1) is 0 Å². The molecule has 0 heterocycles. The number of hydrogen-bond donors (Lipinski definition) is 1. The van der Waals surface area contributed by atoms with E-state index in [0.29, 0.717) is 4.90 Å². The van der Waals surface area contributed by atoms with E-state index in [4.69, 9.17) is 16.7 Å². The van der Waals surface area contributed by atoms with Gasteiger partial charge in [0.1, 0.15) is 5.82 Å². The van der Waals surface area contributed by atoms with Crippen molar-refractivity contribution in [2.45, 2.75) is 11.3 Å². The minimum absolute atomic E-state index is 0.00268. The first-order chi connectivity index (χ1) is 7.00. The molecule has 1 atom stereocenters. The highest BCUT2D eigenvalue weighted by Crippen LogP contribution is 2.18. The Kier molecular flexibility index (Phi) is 4.23. The molecule has 0 aliphatic rings. The minimum atomic E-state index is -1.45. The maximum Gasteiger partial charge on any atom is 0.304 e. The van der Waals surface area contributed by atoms with Crippen LogP contribution in [-0.2, 0) is 15.6 Å². The lowest BCUT2D eigenvalue weighted by atomic mass is 10.3. The van der Waals surface area contributed by atoms with Gasteiger partial charge >= 0.3 is 5.97 Å². The lowest BCUT2D eigenvalue weighted by molar-refractivity contribution is -0.136. The van der Waals surface area contributed by atoms with E-state index in [-0.39, 0.29) is 17.2 Å². The summed E-state index contributed by atoms with van der Waals surface area (Å²) in [6.07, 6.45) is -0.193. The number of halogens is 2. The van der Waals surface area contributed by atoms with E-state index in [9.17, 15) is 13.4 Å². The number of rotatable bonds is 4. The molecular formula is C9H8ClFO3S. The first-order valence-electron chi connectivity index (χ1n) is 4.06. The highest BCUT2D eigenvalue weighted by Gasteiger charge is 2.09. The van der Waals surface area contributed by atoms with Crippen molar-refractivity contribution in [1.29, 1.82) is 0 Å². The minimum Gasteiger partial charge on any atom is -0.481 e. The van der Waals surface area contributed by atoms with Crippen LogP contribution in [0.5, 0.6) is 0 Å². The van der Waals surface area contributed by atoms with Crippen LogP contribution >= 0.6 is 11.6 Å². The molecule has 1 unspecified atom stereocenters. The third-order valence-electron chi connectivity index (χ3n) is 1.66. The van der Waals surface area contributed by atoms with Gasteiger partial charge in [0.2, 0.25) is 0 Å². The van der Waals surface area contributed by atoms with E-state index in [0.717, 1.165) is 6.07 Å². The van der Waals surface area contributed by atoms with E-state index >= 15 is 0 Å². The van der Waals surface area contributed by atoms with Crippen LogP contribution in [0.25, 0.3) is 0 Å². The summed E-state index contributed by atoms with van der Waals surface area (Å²) in [6, 6.07) is 3.68. The lowest BCUT2D eigenvalue weighted by Crippen LogP contribution is -2.04. The third kappa shape index (κ3) is 3.60. The summed E-state index contributed by atoms with van der Waals surface area (Å²) in [4.78, 5) is 10.6. The summed E-state index contributed by atoms with van der Waals surface area (Å²) >= 11 is 5.49. The Morgan fingerprint density at radius 3 is 2.73 bits per heavy atom. The highest BCUT2D eigenvalue weighted by atomic mass is 35.5. The molecule has 0 saturated carbocycles. The lowest BCUT2D eigenvalue weighted by Gasteiger charge is -2.01. The Balaban J connectivity index is 2.74. The normalized spacial score (nSPS) is 12.4. The van der Waals surface area contributed by atoms with Gasteiger partial charge in [0.15, 0.2) is 0 Å². The molecule has 0 radical (unpaired) electrons. The standard InChI is InChI=1S/C9H8ClFO3S/c10-7-5-6(1-2-8(7)11)15(14)4-3-9(12)13/h1-2,5H,3-4H2,(H,12,13). The monoisotopic (exact) mass is 250 g/mol. The Bertz CT molecular complexity index is 408. The number of aliphatic carboxylic acids is 1. The van der Waals surface area contributed by atoms with Gasteiger partial charge in [0.25, 0.3) is 0 Å². The zero-order valence-corrected chi connectivity index (χ0v) is 9.15. The van der Waals surface area contributed by atoms with Crippen LogP contribution in [0.3, 0.4) is 0 Å². The second-order valence-electron chi connectivity index (χ2n) is 2.77. The molecule has 0 aliphatic carbocycles. The summed E-state index contributed by atoms with van der Waals surface area (Å²) in [6.45, 7) is 0. The zero-order valence-electron chi connectivity index (χ0n) is 7.57. The van der Waals surface area contributed by atoms with Crippen molar-refractivity contribution in [3.8, 4) is 0 Å². The molecule has 15 heavy (non-hydrogen) atoms. The topological polar surface area (TPSA) is 54.4 Å². The van der Waals surface area contributed by atoms with Gasteiger partial charge in [0, 0.05) is 10.6 Å². The van der Waals surface area contributed by atoms with E-state index in [2.05, 4.69) is 0 Å². The number of carboxylic acid groups (broad SMARTS) is 1. The van der Waals surface area contributed by atoms with Gasteiger partial charge in [-0.3, -0.25) is 9.00 Å². The van der Waals surface area contributed by atoms with Crippen LogP contribution in [0.15, 0.2) is 23.1 Å². The smallest absolute Gasteiger partial charge is 0.304 e. The van der Waals surface area contributed by atoms with Gasteiger partial charge in [0.05, 0.1) is 22.2 Å². The molecule has 0 saturated heterocycles. The Morgan fingerprint density at radius 2 is 2.20 bits per heavy atom. The molecule has 6 heteroatoms. The Hall–Kier alpha value is -0.940. The molecule has 1 aromatic carbocycles. The molecule has 1 rings (SSSR count). The summed E-state index contributed by atoms with van der Waals surface area (Å²) in [5.74, 6) is -1.61. The maximum atomic E-state index is 12.8. The molecule has 0 aliphatic heterocycles. The fraction of sp³-hybridized carbons (Fsp3) is 0.222. The molecule has 1 N–H and O–H groups in total. The predicted octanol–water partition coefficient (Wildman–Crippen LogP) is 2.06. The fourth-order valence-corrected chi connectivity index (χ4v) is 2.23. The second kappa shape index (κ2) is 5.23. The maximum absolute atomic E-state index is 12.8.